The molecule has 1 amide bonds. The number of nitrogens with two attached hydrogens (primary N) is 1. The first kappa shape index (κ1) is 8.38. The Balaban J connectivity index is 3.04. The number of hydrogen-bond donors (Lipinski definition) is 1. The number of amides is 1. The lowest BCUT2D eigenvalue weighted by atomic mass is 10.6. The highest BCUT2D eigenvalue weighted by Crippen LogP contribution is 1.99. The molecule has 0 saturated carbocycles. The van der Waals surface area contributed by atoms with Gasteiger partial charge >= 0.3 is 0 Å². The highest BCUT2D eigenvalue weighted by Gasteiger charge is 2.06. The van der Waals surface area contributed by atoms with E-state index in [1.54, 1.807) is 19.0 Å². The van der Waals surface area contributed by atoms with E-state index in [0.29, 0.717) is 5.95 Å². The first-order valence-corrected chi connectivity index (χ1v) is 3.27. The first-order chi connectivity index (χ1) is 5.61. The molecular formula is C6H9N5O. The van der Waals surface area contributed by atoms with Crippen molar-refractivity contribution in [2.45, 2.75) is 0 Å². The van der Waals surface area contributed by atoms with Gasteiger partial charge in [-0.15, -0.1) is 0 Å². The van der Waals surface area contributed by atoms with Gasteiger partial charge in [-0.1, -0.05) is 0 Å². The minimum Gasteiger partial charge on any atom is -0.363 e. The second-order valence-corrected chi connectivity index (χ2v) is 2.37. The van der Waals surface area contributed by atoms with Gasteiger partial charge in [-0.05, 0) is 0 Å². The molecule has 6 heteroatoms. The van der Waals surface area contributed by atoms with E-state index in [2.05, 4.69) is 15.0 Å². The number of primary amides is 1. The highest BCUT2D eigenvalue weighted by atomic mass is 16.1. The van der Waals surface area contributed by atoms with Crippen LogP contribution in [0.4, 0.5) is 5.95 Å². The normalized spacial score (nSPS) is 9.50. The number of carbonyl (C=O) groups excluding carboxylic acids is 1. The van der Waals surface area contributed by atoms with E-state index < -0.39 is 5.91 Å². The highest BCUT2D eigenvalue weighted by molar-refractivity contribution is 5.88. The summed E-state index contributed by atoms with van der Waals surface area (Å²) < 4.78 is 0. The van der Waals surface area contributed by atoms with E-state index in [4.69, 9.17) is 5.73 Å². The molecule has 0 atom stereocenters. The summed E-state index contributed by atoms with van der Waals surface area (Å²) in [6.45, 7) is 0. The van der Waals surface area contributed by atoms with Crippen LogP contribution in [-0.2, 0) is 0 Å². The second-order valence-electron chi connectivity index (χ2n) is 2.37. The average Bonchev–Trinajstić information content (AvgIpc) is 2.04. The van der Waals surface area contributed by atoms with E-state index in [1.807, 2.05) is 0 Å². The van der Waals surface area contributed by atoms with Gasteiger partial charge in [-0.3, -0.25) is 4.79 Å². The van der Waals surface area contributed by atoms with Crippen LogP contribution in [-0.4, -0.2) is 35.0 Å². The maximum Gasteiger partial charge on any atom is 0.286 e. The van der Waals surface area contributed by atoms with Gasteiger partial charge in [0.15, 0.2) is 0 Å². The molecule has 0 aliphatic heterocycles. The van der Waals surface area contributed by atoms with Crippen LogP contribution in [0.1, 0.15) is 10.6 Å². The van der Waals surface area contributed by atoms with Crippen molar-refractivity contribution < 1.29 is 4.79 Å². The monoisotopic (exact) mass is 167 g/mol. The Kier molecular flexibility index (Phi) is 2.18. The number of anilines is 1. The predicted molar refractivity (Wildman–Crippen MR) is 42.7 cm³/mol. The van der Waals surface area contributed by atoms with Crippen LogP contribution in [0.15, 0.2) is 6.33 Å². The number of rotatable bonds is 2. The summed E-state index contributed by atoms with van der Waals surface area (Å²) in [7, 11) is 3.53. The van der Waals surface area contributed by atoms with Crippen molar-refractivity contribution >= 4 is 11.9 Å². The number of hydrogen-bond acceptors (Lipinski definition) is 5. The Labute approximate surface area is 69.4 Å². The molecule has 0 aliphatic carbocycles. The van der Waals surface area contributed by atoms with Crippen LogP contribution < -0.4 is 10.6 Å². The smallest absolute Gasteiger partial charge is 0.286 e. The second kappa shape index (κ2) is 3.12. The summed E-state index contributed by atoms with van der Waals surface area (Å²) >= 11 is 0. The van der Waals surface area contributed by atoms with E-state index in [1.165, 1.54) is 6.33 Å². The zero-order chi connectivity index (χ0) is 9.14. The minimum absolute atomic E-state index is 0.0197. The number of nitrogens with zero attached hydrogens (tertiary/aromatic N) is 4. The van der Waals surface area contributed by atoms with Crippen molar-refractivity contribution in [3.05, 3.63) is 12.2 Å². The lowest BCUT2D eigenvalue weighted by Crippen LogP contribution is -2.19. The zero-order valence-electron chi connectivity index (χ0n) is 6.85. The fraction of sp³-hybridized carbons (Fsp3) is 0.333. The molecule has 0 unspecified atom stereocenters. The van der Waals surface area contributed by atoms with Crippen molar-refractivity contribution in [2.24, 2.45) is 5.73 Å². The fourth-order valence-corrected chi connectivity index (χ4v) is 0.622. The molecule has 0 saturated heterocycles. The van der Waals surface area contributed by atoms with Crippen molar-refractivity contribution in [3.8, 4) is 0 Å². The molecule has 1 heterocycles. The number of carbonyl (C=O) groups is 1. The summed E-state index contributed by atoms with van der Waals surface area (Å²) in [4.78, 5) is 23.5. The Hall–Kier alpha value is -1.72. The Morgan fingerprint density at radius 1 is 1.50 bits per heavy atom. The molecule has 0 bridgehead atoms. The quantitative estimate of drug-likeness (QED) is 0.613. The third-order valence-electron chi connectivity index (χ3n) is 1.18. The minimum atomic E-state index is -0.652. The molecule has 1 aromatic rings. The maximum absolute atomic E-state index is 10.6. The van der Waals surface area contributed by atoms with Crippen LogP contribution in [0, 0.1) is 0 Å². The van der Waals surface area contributed by atoms with Gasteiger partial charge in [0.2, 0.25) is 11.8 Å². The van der Waals surface area contributed by atoms with Crippen LogP contribution >= 0.6 is 0 Å². The standard InChI is InChI=1S/C6H9N5O/c1-11(2)6-9-3-8-5(10-6)4(7)12/h3H,1-2H3,(H2,7,12). The summed E-state index contributed by atoms with van der Waals surface area (Å²) in [5.41, 5.74) is 4.97. The van der Waals surface area contributed by atoms with Gasteiger partial charge in [0.1, 0.15) is 6.33 Å². The van der Waals surface area contributed by atoms with E-state index >= 15 is 0 Å². The molecule has 0 fully saturated rings. The van der Waals surface area contributed by atoms with Gasteiger partial charge in [0.05, 0.1) is 0 Å². The van der Waals surface area contributed by atoms with Gasteiger partial charge in [0, 0.05) is 14.1 Å². The number of aromatic nitrogens is 3. The molecular weight excluding hydrogens is 158 g/mol. The Bertz CT molecular complexity index is 298. The molecule has 0 spiro atoms. The predicted octanol–water partition coefficient (Wildman–Crippen LogP) is -0.964. The molecule has 6 nitrogen and oxygen atoms in total. The van der Waals surface area contributed by atoms with Gasteiger partial charge in [-0.2, -0.15) is 4.98 Å². The van der Waals surface area contributed by atoms with E-state index in [0.717, 1.165) is 0 Å². The Morgan fingerprint density at radius 3 is 2.67 bits per heavy atom. The van der Waals surface area contributed by atoms with Gasteiger partial charge < -0.3 is 10.6 Å². The lowest BCUT2D eigenvalue weighted by Gasteiger charge is -2.08. The third kappa shape index (κ3) is 1.66. The van der Waals surface area contributed by atoms with Crippen molar-refractivity contribution in [2.75, 3.05) is 19.0 Å². The van der Waals surface area contributed by atoms with Crippen molar-refractivity contribution in [1.82, 2.24) is 15.0 Å². The molecule has 0 aromatic carbocycles. The van der Waals surface area contributed by atoms with Gasteiger partial charge in [0.25, 0.3) is 5.91 Å². The molecule has 64 valence electrons. The summed E-state index contributed by atoms with van der Waals surface area (Å²) in [5, 5.41) is 0. The molecule has 2 N–H and O–H groups in total. The van der Waals surface area contributed by atoms with E-state index in [-0.39, 0.29) is 5.82 Å². The summed E-state index contributed by atoms with van der Waals surface area (Å²) in [5.74, 6) is -0.256. The first-order valence-electron chi connectivity index (χ1n) is 3.27. The van der Waals surface area contributed by atoms with Crippen LogP contribution in [0.3, 0.4) is 0 Å². The van der Waals surface area contributed by atoms with E-state index in [9.17, 15) is 4.79 Å². The van der Waals surface area contributed by atoms with Gasteiger partial charge in [-0.25, -0.2) is 9.97 Å². The average molecular weight is 167 g/mol. The van der Waals surface area contributed by atoms with Crippen LogP contribution in [0.2, 0.25) is 0 Å². The fourth-order valence-electron chi connectivity index (χ4n) is 0.622. The molecule has 0 radical (unpaired) electrons. The van der Waals surface area contributed by atoms with Crippen LogP contribution in [0.5, 0.6) is 0 Å². The molecule has 12 heavy (non-hydrogen) atoms. The molecule has 1 aromatic heterocycles. The molecule has 0 aliphatic rings. The molecule has 1 rings (SSSR count). The summed E-state index contributed by atoms with van der Waals surface area (Å²) in [6, 6.07) is 0. The van der Waals surface area contributed by atoms with Crippen LogP contribution in [0.25, 0.3) is 0 Å². The summed E-state index contributed by atoms with van der Waals surface area (Å²) in [6.07, 6.45) is 1.25. The largest absolute Gasteiger partial charge is 0.363 e. The third-order valence-corrected chi connectivity index (χ3v) is 1.18. The van der Waals surface area contributed by atoms with Crippen molar-refractivity contribution in [3.63, 3.8) is 0 Å². The topological polar surface area (TPSA) is 85.0 Å². The SMILES string of the molecule is CN(C)c1ncnc(C(N)=O)n1. The Morgan fingerprint density at radius 2 is 2.17 bits per heavy atom. The zero-order valence-corrected chi connectivity index (χ0v) is 6.85. The maximum atomic E-state index is 10.6. The lowest BCUT2D eigenvalue weighted by molar-refractivity contribution is 0.0990. The van der Waals surface area contributed by atoms with Crippen molar-refractivity contribution in [1.29, 1.82) is 0 Å².